The molecule has 0 aromatic heterocycles. The molecule has 0 fully saturated rings. The molecule has 2 N–H and O–H groups in total. The van der Waals surface area contributed by atoms with Gasteiger partial charge in [0.1, 0.15) is 11.9 Å². The lowest BCUT2D eigenvalue weighted by molar-refractivity contribution is -0.116. The van der Waals surface area contributed by atoms with Crippen LogP contribution in [0.5, 0.6) is 0 Å². The Balaban J connectivity index is 1.94. The van der Waals surface area contributed by atoms with Gasteiger partial charge in [0.05, 0.1) is 0 Å². The summed E-state index contributed by atoms with van der Waals surface area (Å²) < 4.78 is 14.0. The molecule has 1 aliphatic rings. The van der Waals surface area contributed by atoms with Crippen molar-refractivity contribution in [1.82, 2.24) is 0 Å². The molecular weight excluding hydrogens is 323 g/mol. The number of anilines is 2. The number of nitrogens with one attached hydrogen (secondary N) is 2. The van der Waals surface area contributed by atoms with Crippen molar-refractivity contribution in [2.45, 2.75) is 13.0 Å². The maximum atomic E-state index is 13.1. The van der Waals surface area contributed by atoms with Crippen LogP contribution in [0.1, 0.15) is 17.2 Å². The van der Waals surface area contributed by atoms with Crippen molar-refractivity contribution in [2.24, 2.45) is 0 Å². The first-order valence-corrected chi connectivity index (χ1v) is 6.97. The van der Waals surface area contributed by atoms with Crippen LogP contribution in [0.15, 0.2) is 40.9 Å². The van der Waals surface area contributed by atoms with Crippen LogP contribution in [0.25, 0.3) is 0 Å². The molecule has 0 radical (unpaired) electrons. The average Bonchev–Trinajstić information content (AvgIpc) is 2.68. The van der Waals surface area contributed by atoms with Crippen molar-refractivity contribution in [3.8, 4) is 0 Å². The van der Waals surface area contributed by atoms with Gasteiger partial charge in [-0.05, 0) is 42.8 Å². The van der Waals surface area contributed by atoms with Gasteiger partial charge >= 0.3 is 0 Å². The molecular formula is C15H12BrFN2O. The fraction of sp³-hybridized carbons (Fsp3) is 0.133. The lowest BCUT2D eigenvalue weighted by Crippen LogP contribution is -2.20. The summed E-state index contributed by atoms with van der Waals surface area (Å²) in [6, 6.07) is 9.67. The highest BCUT2D eigenvalue weighted by Crippen LogP contribution is 2.35. The summed E-state index contributed by atoms with van der Waals surface area (Å²) in [6.07, 6.45) is 0. The highest BCUT2D eigenvalue weighted by molar-refractivity contribution is 9.10. The number of amides is 1. The van der Waals surface area contributed by atoms with E-state index in [-0.39, 0.29) is 11.7 Å². The number of carbonyl (C=O) groups is 1. The van der Waals surface area contributed by atoms with E-state index in [0.29, 0.717) is 0 Å². The summed E-state index contributed by atoms with van der Waals surface area (Å²) in [4.78, 5) is 12.1. The second-order valence-electron chi connectivity index (χ2n) is 4.76. The SMILES string of the molecule is Cc1cc(F)ccc1NC1C(=O)Nc2cc(Br)ccc21. The van der Waals surface area contributed by atoms with Gasteiger partial charge in [-0.2, -0.15) is 0 Å². The summed E-state index contributed by atoms with van der Waals surface area (Å²) in [5.41, 5.74) is 3.20. The van der Waals surface area contributed by atoms with Crippen molar-refractivity contribution in [1.29, 1.82) is 0 Å². The van der Waals surface area contributed by atoms with Gasteiger partial charge in [-0.15, -0.1) is 0 Å². The predicted molar refractivity (Wildman–Crippen MR) is 80.3 cm³/mol. The second-order valence-corrected chi connectivity index (χ2v) is 5.67. The molecule has 1 heterocycles. The molecule has 1 aliphatic heterocycles. The molecule has 102 valence electrons. The Morgan fingerprint density at radius 1 is 1.25 bits per heavy atom. The van der Waals surface area contributed by atoms with Crippen LogP contribution in [-0.2, 0) is 4.79 Å². The van der Waals surface area contributed by atoms with Gasteiger partial charge in [0.2, 0.25) is 0 Å². The Labute approximate surface area is 124 Å². The maximum Gasteiger partial charge on any atom is 0.251 e. The Hall–Kier alpha value is -1.88. The lowest BCUT2D eigenvalue weighted by atomic mass is 10.1. The number of rotatable bonds is 2. The van der Waals surface area contributed by atoms with Crippen LogP contribution < -0.4 is 10.6 Å². The van der Waals surface area contributed by atoms with Crippen LogP contribution >= 0.6 is 15.9 Å². The number of fused-ring (bicyclic) bond motifs is 1. The quantitative estimate of drug-likeness (QED) is 0.871. The Morgan fingerprint density at radius 2 is 2.05 bits per heavy atom. The third-order valence-electron chi connectivity index (χ3n) is 3.33. The lowest BCUT2D eigenvalue weighted by Gasteiger charge is -2.15. The van der Waals surface area contributed by atoms with Crippen molar-refractivity contribution in [3.63, 3.8) is 0 Å². The number of aryl methyl sites for hydroxylation is 1. The van der Waals surface area contributed by atoms with Gasteiger partial charge in [-0.25, -0.2) is 4.39 Å². The predicted octanol–water partition coefficient (Wildman–Crippen LogP) is 4.00. The smallest absolute Gasteiger partial charge is 0.251 e. The van der Waals surface area contributed by atoms with Crippen LogP contribution in [-0.4, -0.2) is 5.91 Å². The van der Waals surface area contributed by atoms with Crippen molar-refractivity contribution in [2.75, 3.05) is 10.6 Å². The van der Waals surface area contributed by atoms with E-state index in [1.165, 1.54) is 12.1 Å². The van der Waals surface area contributed by atoms with Crippen molar-refractivity contribution in [3.05, 3.63) is 57.8 Å². The fourth-order valence-corrected chi connectivity index (χ4v) is 2.68. The summed E-state index contributed by atoms with van der Waals surface area (Å²) in [7, 11) is 0. The summed E-state index contributed by atoms with van der Waals surface area (Å²) in [5, 5.41) is 6.00. The van der Waals surface area contributed by atoms with Gasteiger partial charge in [-0.1, -0.05) is 22.0 Å². The van der Waals surface area contributed by atoms with E-state index in [4.69, 9.17) is 0 Å². The molecule has 0 spiro atoms. The Kier molecular flexibility index (Phi) is 3.22. The molecule has 0 bridgehead atoms. The molecule has 20 heavy (non-hydrogen) atoms. The average molecular weight is 335 g/mol. The standard InChI is InChI=1S/C15H12BrFN2O/c1-8-6-10(17)3-5-12(8)18-14-11-4-2-9(16)7-13(11)19-15(14)20/h2-7,14,18H,1H3,(H,19,20). The van der Waals surface area contributed by atoms with E-state index >= 15 is 0 Å². The molecule has 0 saturated heterocycles. The third-order valence-corrected chi connectivity index (χ3v) is 3.83. The highest BCUT2D eigenvalue weighted by Gasteiger charge is 2.30. The minimum atomic E-state index is -0.456. The zero-order chi connectivity index (χ0) is 14.3. The van der Waals surface area contributed by atoms with Crippen molar-refractivity contribution >= 4 is 33.2 Å². The van der Waals surface area contributed by atoms with Gasteiger partial charge in [0.15, 0.2) is 0 Å². The zero-order valence-corrected chi connectivity index (χ0v) is 12.3. The third kappa shape index (κ3) is 2.29. The number of benzene rings is 2. The van der Waals surface area contributed by atoms with E-state index in [2.05, 4.69) is 26.6 Å². The summed E-state index contributed by atoms with van der Waals surface area (Å²) in [6.45, 7) is 1.81. The second kappa shape index (κ2) is 4.90. The monoisotopic (exact) mass is 334 g/mol. The van der Waals surface area contributed by atoms with E-state index in [1.807, 2.05) is 18.2 Å². The van der Waals surface area contributed by atoms with Gasteiger partial charge in [0.25, 0.3) is 5.91 Å². The molecule has 1 unspecified atom stereocenters. The molecule has 3 rings (SSSR count). The van der Waals surface area contributed by atoms with E-state index < -0.39 is 6.04 Å². The van der Waals surface area contributed by atoms with Crippen molar-refractivity contribution < 1.29 is 9.18 Å². The van der Waals surface area contributed by atoms with Crippen LogP contribution in [0.3, 0.4) is 0 Å². The molecule has 3 nitrogen and oxygen atoms in total. The molecule has 2 aromatic carbocycles. The summed E-state index contributed by atoms with van der Waals surface area (Å²) in [5.74, 6) is -0.393. The Bertz CT molecular complexity index is 702. The molecule has 1 amide bonds. The topological polar surface area (TPSA) is 41.1 Å². The number of hydrogen-bond acceptors (Lipinski definition) is 2. The van der Waals surface area contributed by atoms with Gasteiger partial charge in [-0.3, -0.25) is 4.79 Å². The first kappa shape index (κ1) is 13.1. The Morgan fingerprint density at radius 3 is 2.80 bits per heavy atom. The normalized spacial score (nSPS) is 16.8. The van der Waals surface area contributed by atoms with E-state index in [0.717, 1.165) is 27.0 Å². The number of halogens is 2. The zero-order valence-electron chi connectivity index (χ0n) is 10.7. The van der Waals surface area contributed by atoms with Crippen LogP contribution in [0.2, 0.25) is 0 Å². The molecule has 0 saturated carbocycles. The highest BCUT2D eigenvalue weighted by atomic mass is 79.9. The molecule has 2 aromatic rings. The molecule has 5 heteroatoms. The summed E-state index contributed by atoms with van der Waals surface area (Å²) >= 11 is 3.38. The molecule has 0 aliphatic carbocycles. The fourth-order valence-electron chi connectivity index (χ4n) is 2.32. The van der Waals surface area contributed by atoms with Gasteiger partial charge < -0.3 is 10.6 Å². The minimum Gasteiger partial charge on any atom is -0.370 e. The first-order chi connectivity index (χ1) is 9.54. The van der Waals surface area contributed by atoms with E-state index in [1.54, 1.807) is 13.0 Å². The maximum absolute atomic E-state index is 13.1. The first-order valence-electron chi connectivity index (χ1n) is 6.17. The largest absolute Gasteiger partial charge is 0.370 e. The van der Waals surface area contributed by atoms with E-state index in [9.17, 15) is 9.18 Å². The molecule has 1 atom stereocenters. The number of carbonyl (C=O) groups excluding carboxylic acids is 1. The van der Waals surface area contributed by atoms with Crippen LogP contribution in [0, 0.1) is 12.7 Å². The number of hydrogen-bond donors (Lipinski definition) is 2. The minimum absolute atomic E-state index is 0.109. The van der Waals surface area contributed by atoms with Crippen LogP contribution in [0.4, 0.5) is 15.8 Å². The van der Waals surface area contributed by atoms with Gasteiger partial charge in [0, 0.05) is 21.4 Å².